The third-order valence-electron chi connectivity index (χ3n) is 2.72. The maximum atomic E-state index is 12.6. The molecule has 1 N–H and O–H groups in total. The molecule has 8 heteroatoms. The molecular weight excluding hydrogens is 277 g/mol. The molecular formula is C12H15F3N2O3. The molecule has 1 amide bonds. The Morgan fingerprint density at radius 3 is 2.30 bits per heavy atom. The number of aromatic carboxylic acids is 1. The highest BCUT2D eigenvalue weighted by Crippen LogP contribution is 2.32. The SMILES string of the molecule is CN(C)C(=O)CCCn1cc(C(=O)O)c(C(F)(F)F)c1. The monoisotopic (exact) mass is 292 g/mol. The Hall–Kier alpha value is -1.99. The average Bonchev–Trinajstić information content (AvgIpc) is 2.72. The Balaban J connectivity index is 2.78. The number of aromatic nitrogens is 1. The molecule has 0 aliphatic rings. The van der Waals surface area contributed by atoms with Crippen LogP contribution >= 0.6 is 0 Å². The molecule has 0 aliphatic heterocycles. The fourth-order valence-corrected chi connectivity index (χ4v) is 1.67. The molecule has 0 unspecified atom stereocenters. The van der Waals surface area contributed by atoms with E-state index in [1.807, 2.05) is 0 Å². The van der Waals surface area contributed by atoms with Crippen LogP contribution in [-0.4, -0.2) is 40.5 Å². The molecule has 0 bridgehead atoms. The molecule has 0 aliphatic carbocycles. The van der Waals surface area contributed by atoms with Crippen molar-refractivity contribution in [1.82, 2.24) is 9.47 Å². The highest BCUT2D eigenvalue weighted by Gasteiger charge is 2.36. The average molecular weight is 292 g/mol. The standard InChI is InChI=1S/C12H15F3N2O3/c1-16(2)10(18)4-3-5-17-6-8(11(19)20)9(7-17)12(13,14)15/h6-7H,3-5H2,1-2H3,(H,19,20). The van der Waals surface area contributed by atoms with Gasteiger partial charge < -0.3 is 14.6 Å². The zero-order chi connectivity index (χ0) is 15.5. The summed E-state index contributed by atoms with van der Waals surface area (Å²) < 4.78 is 39.1. The van der Waals surface area contributed by atoms with Crippen LogP contribution in [0.15, 0.2) is 12.4 Å². The summed E-state index contributed by atoms with van der Waals surface area (Å²) in [5, 5.41) is 8.75. The summed E-state index contributed by atoms with van der Waals surface area (Å²) in [5.74, 6) is -1.76. The number of carbonyl (C=O) groups is 2. The molecule has 0 spiro atoms. The largest absolute Gasteiger partial charge is 0.478 e. The lowest BCUT2D eigenvalue weighted by atomic mass is 10.2. The van der Waals surface area contributed by atoms with Crippen molar-refractivity contribution < 1.29 is 27.9 Å². The topological polar surface area (TPSA) is 62.5 Å². The van der Waals surface area contributed by atoms with Crippen LogP contribution in [-0.2, 0) is 17.5 Å². The van der Waals surface area contributed by atoms with Gasteiger partial charge in [-0.2, -0.15) is 13.2 Å². The van der Waals surface area contributed by atoms with Crippen molar-refractivity contribution in [2.24, 2.45) is 0 Å². The van der Waals surface area contributed by atoms with Crippen LogP contribution in [0.25, 0.3) is 0 Å². The van der Waals surface area contributed by atoms with Gasteiger partial charge in [-0.25, -0.2) is 4.79 Å². The molecule has 0 saturated heterocycles. The van der Waals surface area contributed by atoms with E-state index in [1.54, 1.807) is 14.1 Å². The van der Waals surface area contributed by atoms with Crippen LogP contribution in [0.1, 0.15) is 28.8 Å². The van der Waals surface area contributed by atoms with E-state index in [2.05, 4.69) is 0 Å². The van der Waals surface area contributed by atoms with Gasteiger partial charge >= 0.3 is 12.1 Å². The minimum absolute atomic E-state index is 0.133. The first-order chi connectivity index (χ1) is 9.12. The van der Waals surface area contributed by atoms with Gasteiger partial charge in [0.15, 0.2) is 0 Å². The van der Waals surface area contributed by atoms with E-state index in [1.165, 1.54) is 4.90 Å². The maximum absolute atomic E-state index is 12.6. The summed E-state index contributed by atoms with van der Waals surface area (Å²) in [5.41, 5.74) is -1.96. The molecule has 1 aromatic rings. The van der Waals surface area contributed by atoms with Crippen molar-refractivity contribution in [3.63, 3.8) is 0 Å². The van der Waals surface area contributed by atoms with E-state index < -0.39 is 23.3 Å². The molecule has 1 rings (SSSR count). The molecule has 112 valence electrons. The molecule has 1 aromatic heterocycles. The summed E-state index contributed by atoms with van der Waals surface area (Å²) in [4.78, 5) is 23.5. The minimum Gasteiger partial charge on any atom is -0.478 e. The highest BCUT2D eigenvalue weighted by molar-refractivity contribution is 5.89. The number of aryl methyl sites for hydroxylation is 1. The zero-order valence-electron chi connectivity index (χ0n) is 11.1. The van der Waals surface area contributed by atoms with Crippen LogP contribution in [0, 0.1) is 0 Å². The number of alkyl halides is 3. The molecule has 0 aromatic carbocycles. The van der Waals surface area contributed by atoms with Crippen LogP contribution in [0.4, 0.5) is 13.2 Å². The van der Waals surface area contributed by atoms with Gasteiger partial charge in [0.05, 0.1) is 11.1 Å². The predicted molar refractivity (Wildman–Crippen MR) is 64.3 cm³/mol. The smallest absolute Gasteiger partial charge is 0.418 e. The normalized spacial score (nSPS) is 11.4. The van der Waals surface area contributed by atoms with Gasteiger partial charge in [0, 0.05) is 39.5 Å². The first-order valence-electron chi connectivity index (χ1n) is 5.83. The lowest BCUT2D eigenvalue weighted by molar-refractivity contribution is -0.138. The van der Waals surface area contributed by atoms with Crippen molar-refractivity contribution in [3.8, 4) is 0 Å². The van der Waals surface area contributed by atoms with Crippen molar-refractivity contribution in [2.45, 2.75) is 25.6 Å². The number of carbonyl (C=O) groups excluding carboxylic acids is 1. The molecule has 0 saturated carbocycles. The van der Waals surface area contributed by atoms with Crippen molar-refractivity contribution in [1.29, 1.82) is 0 Å². The van der Waals surface area contributed by atoms with Gasteiger partial charge in [0.1, 0.15) is 0 Å². The first-order valence-corrected chi connectivity index (χ1v) is 5.83. The molecule has 5 nitrogen and oxygen atoms in total. The summed E-state index contributed by atoms with van der Waals surface area (Å²) in [6.45, 7) is 0.149. The molecule has 0 radical (unpaired) electrons. The number of halogens is 3. The Labute approximate surface area is 113 Å². The fraction of sp³-hybridized carbons (Fsp3) is 0.500. The van der Waals surface area contributed by atoms with Gasteiger partial charge in [-0.1, -0.05) is 0 Å². The van der Waals surface area contributed by atoms with Gasteiger partial charge in [0.2, 0.25) is 5.91 Å². The summed E-state index contributed by atoms with van der Waals surface area (Å²) in [7, 11) is 3.17. The Morgan fingerprint density at radius 1 is 1.30 bits per heavy atom. The second kappa shape index (κ2) is 5.98. The third kappa shape index (κ3) is 4.01. The second-order valence-corrected chi connectivity index (χ2v) is 4.52. The number of carboxylic acid groups (broad SMARTS) is 1. The van der Waals surface area contributed by atoms with E-state index in [-0.39, 0.29) is 18.9 Å². The zero-order valence-corrected chi connectivity index (χ0v) is 11.1. The van der Waals surface area contributed by atoms with Crippen LogP contribution in [0.3, 0.4) is 0 Å². The predicted octanol–water partition coefficient (Wildman–Crippen LogP) is 2.07. The van der Waals surface area contributed by atoms with Crippen LogP contribution in [0.2, 0.25) is 0 Å². The van der Waals surface area contributed by atoms with Gasteiger partial charge in [-0.05, 0) is 6.42 Å². The molecule has 0 fully saturated rings. The van der Waals surface area contributed by atoms with E-state index in [9.17, 15) is 22.8 Å². The van der Waals surface area contributed by atoms with E-state index in [0.717, 1.165) is 17.0 Å². The van der Waals surface area contributed by atoms with Gasteiger partial charge in [0.25, 0.3) is 0 Å². The van der Waals surface area contributed by atoms with Crippen molar-refractivity contribution >= 4 is 11.9 Å². The number of carboxylic acids is 1. The van der Waals surface area contributed by atoms with E-state index >= 15 is 0 Å². The third-order valence-corrected chi connectivity index (χ3v) is 2.72. The number of rotatable bonds is 5. The molecule has 0 atom stereocenters. The number of hydrogen-bond donors (Lipinski definition) is 1. The quantitative estimate of drug-likeness (QED) is 0.903. The first kappa shape index (κ1) is 16.1. The second-order valence-electron chi connectivity index (χ2n) is 4.52. The molecule has 20 heavy (non-hydrogen) atoms. The number of amides is 1. The number of nitrogens with zero attached hydrogens (tertiary/aromatic N) is 2. The van der Waals surface area contributed by atoms with Crippen LogP contribution < -0.4 is 0 Å². The van der Waals surface area contributed by atoms with E-state index in [0.29, 0.717) is 6.42 Å². The van der Waals surface area contributed by atoms with Gasteiger partial charge in [-0.3, -0.25) is 4.79 Å². The Morgan fingerprint density at radius 2 is 1.90 bits per heavy atom. The summed E-state index contributed by atoms with van der Waals surface area (Å²) in [6, 6.07) is 0. The highest BCUT2D eigenvalue weighted by atomic mass is 19.4. The Kier molecular flexibility index (Phi) is 4.80. The minimum atomic E-state index is -4.71. The Bertz CT molecular complexity index is 507. The van der Waals surface area contributed by atoms with Crippen LogP contribution in [0.5, 0.6) is 0 Å². The van der Waals surface area contributed by atoms with Crippen molar-refractivity contribution in [2.75, 3.05) is 14.1 Å². The number of hydrogen-bond acceptors (Lipinski definition) is 2. The van der Waals surface area contributed by atoms with Crippen molar-refractivity contribution in [3.05, 3.63) is 23.5 Å². The lowest BCUT2D eigenvalue weighted by Gasteiger charge is -2.09. The summed E-state index contributed by atoms with van der Waals surface area (Å²) >= 11 is 0. The van der Waals surface area contributed by atoms with Gasteiger partial charge in [-0.15, -0.1) is 0 Å². The molecule has 1 heterocycles. The summed E-state index contributed by atoms with van der Waals surface area (Å²) in [6.07, 6.45) is -2.50. The maximum Gasteiger partial charge on any atom is 0.418 e. The lowest BCUT2D eigenvalue weighted by Crippen LogP contribution is -2.21. The fourth-order valence-electron chi connectivity index (χ4n) is 1.67. The van der Waals surface area contributed by atoms with E-state index in [4.69, 9.17) is 5.11 Å².